The molecule has 2 nitrogen and oxygen atoms in total. The van der Waals surface area contributed by atoms with Crippen LogP contribution in [0.3, 0.4) is 0 Å². The zero-order chi connectivity index (χ0) is 7.56. The monoisotopic (exact) mass is 196 g/mol. The van der Waals surface area contributed by atoms with E-state index in [1.807, 2.05) is 0 Å². The van der Waals surface area contributed by atoms with Crippen LogP contribution in [-0.2, 0) is 0 Å². The van der Waals surface area contributed by atoms with Gasteiger partial charge < -0.3 is 5.11 Å². The van der Waals surface area contributed by atoms with Crippen LogP contribution in [-0.4, -0.2) is 0 Å². The lowest BCUT2D eigenvalue weighted by atomic mass is 10.3. The minimum absolute atomic E-state index is 0.0904. The number of hydrogen-bond acceptors (Lipinski definition) is 1. The van der Waals surface area contributed by atoms with Crippen LogP contribution in [0.1, 0.15) is 0 Å². The molecule has 0 fully saturated rings. The number of nitrogens with zero attached hydrogens (tertiary/aromatic N) is 1. The van der Waals surface area contributed by atoms with Gasteiger partial charge in [0.2, 0.25) is 0 Å². The molecule has 0 heterocycles. The minimum Gasteiger partial charge on any atom is -0.872 e. The van der Waals surface area contributed by atoms with E-state index in [0.717, 1.165) is 0 Å². The lowest BCUT2D eigenvalue weighted by molar-refractivity contribution is -0.269. The molecular formula is C7H3BrNO-. The Kier molecular flexibility index (Phi) is 1.93. The molecule has 0 saturated carbocycles. The van der Waals surface area contributed by atoms with Gasteiger partial charge in [0.25, 0.3) is 0 Å². The topological polar surface area (TPSA) is 27.4 Å². The Balaban J connectivity index is 3.20. The number of benzene rings is 1. The zero-order valence-corrected chi connectivity index (χ0v) is 6.55. The van der Waals surface area contributed by atoms with Crippen molar-refractivity contribution < 1.29 is 5.11 Å². The van der Waals surface area contributed by atoms with Gasteiger partial charge in [0.05, 0.1) is 6.57 Å². The Labute approximate surface area is 67.1 Å². The smallest absolute Gasteiger partial charge is 0.188 e. The molecule has 0 amide bonds. The van der Waals surface area contributed by atoms with Crippen molar-refractivity contribution in [3.63, 3.8) is 0 Å². The van der Waals surface area contributed by atoms with Crippen LogP contribution >= 0.6 is 15.9 Å². The van der Waals surface area contributed by atoms with E-state index in [1.54, 1.807) is 0 Å². The quantitative estimate of drug-likeness (QED) is 0.585. The van der Waals surface area contributed by atoms with Crippen molar-refractivity contribution >= 4 is 21.6 Å². The molecule has 1 aromatic rings. The highest BCUT2D eigenvalue weighted by atomic mass is 79.9. The third kappa shape index (κ3) is 1.28. The van der Waals surface area contributed by atoms with Crippen LogP contribution in [0, 0.1) is 6.57 Å². The summed E-state index contributed by atoms with van der Waals surface area (Å²) in [6.07, 6.45) is 0. The fourth-order valence-corrected chi connectivity index (χ4v) is 0.926. The summed E-state index contributed by atoms with van der Waals surface area (Å²) in [5.41, 5.74) is 0.478. The maximum atomic E-state index is 10.7. The molecule has 1 aromatic carbocycles. The highest BCUT2D eigenvalue weighted by Gasteiger charge is 1.90. The predicted molar refractivity (Wildman–Crippen MR) is 39.9 cm³/mol. The average molecular weight is 197 g/mol. The van der Waals surface area contributed by atoms with Crippen LogP contribution in [0.25, 0.3) is 4.85 Å². The van der Waals surface area contributed by atoms with Crippen molar-refractivity contribution in [1.29, 1.82) is 0 Å². The summed E-state index contributed by atoms with van der Waals surface area (Å²) in [6.45, 7) is 6.61. The van der Waals surface area contributed by atoms with E-state index in [9.17, 15) is 5.11 Å². The molecule has 0 bridgehead atoms. The summed E-state index contributed by atoms with van der Waals surface area (Å²) in [4.78, 5) is 3.15. The van der Waals surface area contributed by atoms with Gasteiger partial charge in [0.1, 0.15) is 0 Å². The van der Waals surface area contributed by atoms with Gasteiger partial charge in [-0.15, -0.1) is 0 Å². The second-order valence-corrected chi connectivity index (χ2v) is 2.58. The normalized spacial score (nSPS) is 8.80. The summed E-state index contributed by atoms with van der Waals surface area (Å²) in [5, 5.41) is 10.7. The van der Waals surface area contributed by atoms with E-state index in [1.165, 1.54) is 18.2 Å². The Morgan fingerprint density at radius 1 is 1.50 bits per heavy atom. The molecule has 0 aromatic heterocycles. The summed E-state index contributed by atoms with van der Waals surface area (Å²) in [5.74, 6) is -0.0904. The lowest BCUT2D eigenvalue weighted by Gasteiger charge is -2.06. The van der Waals surface area contributed by atoms with E-state index < -0.39 is 0 Å². The van der Waals surface area contributed by atoms with Crippen molar-refractivity contribution in [3.8, 4) is 5.75 Å². The maximum Gasteiger partial charge on any atom is 0.188 e. The van der Waals surface area contributed by atoms with Gasteiger partial charge in [-0.25, -0.2) is 4.85 Å². The first-order valence-electron chi connectivity index (χ1n) is 2.58. The van der Waals surface area contributed by atoms with Crippen LogP contribution < -0.4 is 5.11 Å². The van der Waals surface area contributed by atoms with Crippen molar-refractivity contribution in [2.75, 3.05) is 0 Å². The van der Waals surface area contributed by atoms with Gasteiger partial charge in [-0.3, -0.25) is 0 Å². The van der Waals surface area contributed by atoms with Crippen LogP contribution in [0.15, 0.2) is 22.7 Å². The van der Waals surface area contributed by atoms with E-state index in [0.29, 0.717) is 10.2 Å². The van der Waals surface area contributed by atoms with Gasteiger partial charge in [-0.05, 0) is 10.5 Å². The molecular weight excluding hydrogens is 194 g/mol. The first-order valence-corrected chi connectivity index (χ1v) is 3.37. The first-order chi connectivity index (χ1) is 4.74. The van der Waals surface area contributed by atoms with Gasteiger partial charge in [-0.2, -0.15) is 0 Å². The molecule has 0 aliphatic heterocycles. The molecule has 0 aliphatic carbocycles. The van der Waals surface area contributed by atoms with Gasteiger partial charge in [0, 0.05) is 0 Å². The zero-order valence-electron chi connectivity index (χ0n) is 4.97. The number of hydrogen-bond donors (Lipinski definition) is 0. The molecule has 0 spiro atoms. The Bertz CT molecular complexity index is 290. The molecule has 50 valence electrons. The molecule has 0 radical (unpaired) electrons. The fraction of sp³-hybridized carbons (Fsp3) is 0. The van der Waals surface area contributed by atoms with Crippen molar-refractivity contribution in [2.45, 2.75) is 0 Å². The molecule has 3 heteroatoms. The van der Waals surface area contributed by atoms with E-state index in [2.05, 4.69) is 20.8 Å². The summed E-state index contributed by atoms with van der Waals surface area (Å²) >= 11 is 3.03. The highest BCUT2D eigenvalue weighted by molar-refractivity contribution is 9.10. The fourth-order valence-electron chi connectivity index (χ4n) is 0.559. The molecule has 10 heavy (non-hydrogen) atoms. The standard InChI is InChI=1S/C7H4BrNO/c1-9-5-2-3-7(10)6(8)4-5/h2-4,10H/p-1. The van der Waals surface area contributed by atoms with Gasteiger partial charge in [-0.1, -0.05) is 33.8 Å². The Morgan fingerprint density at radius 3 is 2.70 bits per heavy atom. The average Bonchev–Trinajstić information content (AvgIpc) is 1.95. The SMILES string of the molecule is [C-]#[N+]c1ccc([O-])c(Br)c1. The minimum atomic E-state index is -0.0904. The summed E-state index contributed by atoms with van der Waals surface area (Å²) in [7, 11) is 0. The Morgan fingerprint density at radius 2 is 2.20 bits per heavy atom. The van der Waals surface area contributed by atoms with Gasteiger partial charge in [0.15, 0.2) is 5.69 Å². The van der Waals surface area contributed by atoms with Crippen LogP contribution in [0.5, 0.6) is 5.75 Å². The number of halogens is 1. The van der Waals surface area contributed by atoms with Gasteiger partial charge >= 0.3 is 0 Å². The molecule has 1 rings (SSSR count). The van der Waals surface area contributed by atoms with E-state index in [4.69, 9.17) is 6.57 Å². The molecule has 0 unspecified atom stereocenters. The van der Waals surface area contributed by atoms with E-state index >= 15 is 0 Å². The predicted octanol–water partition coefficient (Wildman–Crippen LogP) is 2.07. The second-order valence-electron chi connectivity index (χ2n) is 1.73. The second kappa shape index (κ2) is 2.72. The highest BCUT2D eigenvalue weighted by Crippen LogP contribution is 2.25. The molecule has 0 atom stereocenters. The Hall–Kier alpha value is -1.01. The van der Waals surface area contributed by atoms with Crippen molar-refractivity contribution in [2.24, 2.45) is 0 Å². The van der Waals surface area contributed by atoms with E-state index in [-0.39, 0.29) is 5.75 Å². The molecule has 0 saturated heterocycles. The third-order valence-electron chi connectivity index (χ3n) is 1.04. The largest absolute Gasteiger partial charge is 0.872 e. The number of rotatable bonds is 0. The van der Waals surface area contributed by atoms with Crippen molar-refractivity contribution in [1.82, 2.24) is 0 Å². The van der Waals surface area contributed by atoms with Crippen LogP contribution in [0.2, 0.25) is 0 Å². The molecule has 0 N–H and O–H groups in total. The molecule has 0 aliphatic rings. The van der Waals surface area contributed by atoms with Crippen LogP contribution in [0.4, 0.5) is 5.69 Å². The summed E-state index contributed by atoms with van der Waals surface area (Å²) < 4.78 is 0.445. The van der Waals surface area contributed by atoms with Crippen molar-refractivity contribution in [3.05, 3.63) is 34.1 Å². The summed E-state index contributed by atoms with van der Waals surface area (Å²) in [6, 6.07) is 4.38. The first kappa shape index (κ1) is 7.10. The third-order valence-corrected chi connectivity index (χ3v) is 1.66. The maximum absolute atomic E-state index is 10.7. The lowest BCUT2D eigenvalue weighted by Crippen LogP contribution is -1.88.